The van der Waals surface area contributed by atoms with Gasteiger partial charge in [-0.15, -0.1) is 0 Å². The van der Waals surface area contributed by atoms with E-state index in [0.29, 0.717) is 11.8 Å². The van der Waals surface area contributed by atoms with E-state index in [9.17, 15) is 0 Å². The summed E-state index contributed by atoms with van der Waals surface area (Å²) in [7, 11) is 0. The van der Waals surface area contributed by atoms with E-state index in [1.807, 2.05) is 13.0 Å². The molecule has 1 aliphatic carbocycles. The zero-order chi connectivity index (χ0) is 11.7. The number of hydrogen-bond acceptors (Lipinski definition) is 4. The Balaban J connectivity index is 1.93. The molecule has 5 heteroatoms. The van der Waals surface area contributed by atoms with Gasteiger partial charge in [0.05, 0.1) is 0 Å². The number of aromatic nitrogens is 4. The van der Waals surface area contributed by atoms with Crippen molar-refractivity contribution in [2.75, 3.05) is 5.32 Å². The average molecular weight is 229 g/mol. The van der Waals surface area contributed by atoms with Crippen molar-refractivity contribution in [2.45, 2.75) is 32.2 Å². The third-order valence-corrected chi connectivity index (χ3v) is 3.00. The molecule has 1 atom stereocenters. The fourth-order valence-corrected chi connectivity index (χ4v) is 2.17. The van der Waals surface area contributed by atoms with Crippen molar-refractivity contribution in [3.63, 3.8) is 0 Å². The summed E-state index contributed by atoms with van der Waals surface area (Å²) in [6.07, 6.45) is 9.37. The van der Waals surface area contributed by atoms with Crippen LogP contribution in [-0.2, 0) is 0 Å². The molecule has 2 aromatic heterocycles. The fourth-order valence-electron chi connectivity index (χ4n) is 2.17. The maximum Gasteiger partial charge on any atom is 0.254 e. The first kappa shape index (κ1) is 10.3. The van der Waals surface area contributed by atoms with Crippen LogP contribution in [0, 0.1) is 6.92 Å². The Kier molecular flexibility index (Phi) is 2.51. The van der Waals surface area contributed by atoms with Gasteiger partial charge in [-0.1, -0.05) is 12.2 Å². The van der Waals surface area contributed by atoms with Crippen molar-refractivity contribution < 1.29 is 0 Å². The Bertz CT molecular complexity index is 557. The molecule has 0 radical (unpaired) electrons. The average Bonchev–Trinajstić information content (AvgIpc) is 2.78. The molecule has 17 heavy (non-hydrogen) atoms. The monoisotopic (exact) mass is 229 g/mol. The summed E-state index contributed by atoms with van der Waals surface area (Å²) < 4.78 is 1.76. The summed E-state index contributed by atoms with van der Waals surface area (Å²) in [5, 5.41) is 7.71. The lowest BCUT2D eigenvalue weighted by atomic mass is 10.0. The van der Waals surface area contributed by atoms with E-state index < -0.39 is 0 Å². The zero-order valence-electron chi connectivity index (χ0n) is 9.80. The summed E-state index contributed by atoms with van der Waals surface area (Å²) in [5.74, 6) is 1.63. The van der Waals surface area contributed by atoms with Crippen molar-refractivity contribution >= 4 is 11.6 Å². The molecule has 88 valence electrons. The highest BCUT2D eigenvalue weighted by Gasteiger charge is 2.12. The Hall–Kier alpha value is -1.91. The van der Waals surface area contributed by atoms with Crippen LogP contribution in [0.15, 0.2) is 24.5 Å². The third-order valence-electron chi connectivity index (χ3n) is 3.00. The van der Waals surface area contributed by atoms with Gasteiger partial charge in [-0.2, -0.15) is 14.6 Å². The van der Waals surface area contributed by atoms with Gasteiger partial charge >= 0.3 is 0 Å². The number of nitrogens with one attached hydrogen (secondary N) is 1. The maximum absolute atomic E-state index is 4.32. The molecule has 0 bridgehead atoms. The van der Waals surface area contributed by atoms with Gasteiger partial charge in [0, 0.05) is 17.8 Å². The van der Waals surface area contributed by atoms with Gasteiger partial charge in [-0.05, 0) is 26.2 Å². The standard InChI is InChI=1S/C12H15N5/c1-9-7-11(16-10-5-3-2-4-6-10)17-12(15-9)13-8-14-17/h2-3,7-8,10,16H,4-6H2,1H3. The highest BCUT2D eigenvalue weighted by atomic mass is 15.4. The number of hydrogen-bond donors (Lipinski definition) is 1. The van der Waals surface area contributed by atoms with Crippen LogP contribution in [0.2, 0.25) is 0 Å². The van der Waals surface area contributed by atoms with Crippen molar-refractivity contribution in [3.8, 4) is 0 Å². The summed E-state index contributed by atoms with van der Waals surface area (Å²) >= 11 is 0. The molecule has 0 aromatic carbocycles. The van der Waals surface area contributed by atoms with Gasteiger partial charge in [0.25, 0.3) is 5.78 Å². The van der Waals surface area contributed by atoms with E-state index in [4.69, 9.17) is 0 Å². The molecule has 2 heterocycles. The van der Waals surface area contributed by atoms with Crippen LogP contribution >= 0.6 is 0 Å². The van der Waals surface area contributed by atoms with E-state index in [1.54, 1.807) is 4.52 Å². The molecule has 0 saturated heterocycles. The Morgan fingerprint density at radius 3 is 3.18 bits per heavy atom. The van der Waals surface area contributed by atoms with E-state index in [0.717, 1.165) is 30.8 Å². The van der Waals surface area contributed by atoms with Crippen LogP contribution in [0.1, 0.15) is 25.0 Å². The van der Waals surface area contributed by atoms with Crippen LogP contribution in [0.5, 0.6) is 0 Å². The van der Waals surface area contributed by atoms with Crippen LogP contribution < -0.4 is 5.32 Å². The van der Waals surface area contributed by atoms with E-state index >= 15 is 0 Å². The van der Waals surface area contributed by atoms with Gasteiger partial charge in [-0.25, -0.2) is 4.98 Å². The molecular formula is C12H15N5. The maximum atomic E-state index is 4.32. The fraction of sp³-hybridized carbons (Fsp3) is 0.417. The molecule has 0 fully saturated rings. The predicted molar refractivity (Wildman–Crippen MR) is 65.9 cm³/mol. The van der Waals surface area contributed by atoms with Crippen LogP contribution in [-0.4, -0.2) is 25.6 Å². The van der Waals surface area contributed by atoms with Gasteiger partial charge < -0.3 is 5.32 Å². The lowest BCUT2D eigenvalue weighted by Crippen LogP contribution is -2.22. The van der Waals surface area contributed by atoms with E-state index in [-0.39, 0.29) is 0 Å². The van der Waals surface area contributed by atoms with E-state index in [1.165, 1.54) is 6.33 Å². The van der Waals surface area contributed by atoms with E-state index in [2.05, 4.69) is 32.5 Å². The lowest BCUT2D eigenvalue weighted by Gasteiger charge is -2.20. The molecule has 0 aliphatic heterocycles. The molecule has 5 nitrogen and oxygen atoms in total. The largest absolute Gasteiger partial charge is 0.367 e. The second kappa shape index (κ2) is 4.16. The number of aryl methyl sites for hydroxylation is 1. The number of nitrogens with zero attached hydrogens (tertiary/aromatic N) is 4. The highest BCUT2D eigenvalue weighted by Crippen LogP contribution is 2.17. The number of fused-ring (bicyclic) bond motifs is 1. The highest BCUT2D eigenvalue weighted by molar-refractivity contribution is 5.45. The minimum absolute atomic E-state index is 0.481. The Morgan fingerprint density at radius 1 is 1.41 bits per heavy atom. The zero-order valence-corrected chi connectivity index (χ0v) is 9.80. The molecule has 1 aliphatic rings. The van der Waals surface area contributed by atoms with Crippen molar-refractivity contribution in [3.05, 3.63) is 30.2 Å². The van der Waals surface area contributed by atoms with Crippen molar-refractivity contribution in [2.24, 2.45) is 0 Å². The van der Waals surface area contributed by atoms with Crippen LogP contribution in [0.3, 0.4) is 0 Å². The van der Waals surface area contributed by atoms with Crippen molar-refractivity contribution in [1.29, 1.82) is 0 Å². The number of allylic oxidation sites excluding steroid dienone is 1. The number of anilines is 1. The second-order valence-corrected chi connectivity index (χ2v) is 4.38. The molecular weight excluding hydrogens is 214 g/mol. The van der Waals surface area contributed by atoms with Crippen molar-refractivity contribution in [1.82, 2.24) is 19.6 Å². The third kappa shape index (κ3) is 2.00. The van der Waals surface area contributed by atoms with Crippen LogP contribution in [0.25, 0.3) is 5.78 Å². The summed E-state index contributed by atoms with van der Waals surface area (Å²) in [4.78, 5) is 8.44. The first-order valence-electron chi connectivity index (χ1n) is 5.92. The smallest absolute Gasteiger partial charge is 0.254 e. The normalized spacial score (nSPS) is 19.7. The first-order valence-corrected chi connectivity index (χ1v) is 5.92. The first-order chi connectivity index (χ1) is 8.33. The molecule has 2 aromatic rings. The molecule has 0 saturated carbocycles. The summed E-state index contributed by atoms with van der Waals surface area (Å²) in [6, 6.07) is 2.49. The molecule has 0 spiro atoms. The lowest BCUT2D eigenvalue weighted by molar-refractivity contribution is 0.638. The summed E-state index contributed by atoms with van der Waals surface area (Å²) in [5.41, 5.74) is 0.958. The summed E-state index contributed by atoms with van der Waals surface area (Å²) in [6.45, 7) is 1.97. The van der Waals surface area contributed by atoms with Gasteiger partial charge in [0.1, 0.15) is 12.1 Å². The number of rotatable bonds is 2. The topological polar surface area (TPSA) is 55.1 Å². The minimum atomic E-state index is 0.481. The predicted octanol–water partition coefficient (Wildman–Crippen LogP) is 1.95. The molecule has 0 amide bonds. The van der Waals surface area contributed by atoms with Gasteiger partial charge in [-0.3, -0.25) is 0 Å². The van der Waals surface area contributed by atoms with Crippen LogP contribution in [0.4, 0.5) is 5.82 Å². The van der Waals surface area contributed by atoms with Gasteiger partial charge in [0.15, 0.2) is 0 Å². The Morgan fingerprint density at radius 2 is 2.35 bits per heavy atom. The minimum Gasteiger partial charge on any atom is -0.367 e. The second-order valence-electron chi connectivity index (χ2n) is 4.38. The SMILES string of the molecule is Cc1cc(NC2CC=CCC2)n2ncnc2n1. The quantitative estimate of drug-likeness (QED) is 0.800. The van der Waals surface area contributed by atoms with Gasteiger partial charge in [0.2, 0.25) is 0 Å². The molecule has 1 unspecified atom stereocenters. The molecule has 1 N–H and O–H groups in total. The Labute approximate surface area is 99.6 Å². The molecule has 3 rings (SSSR count).